The van der Waals surface area contributed by atoms with Crippen LogP contribution in [0.4, 0.5) is 0 Å². The Bertz CT molecular complexity index is 491. The highest BCUT2D eigenvalue weighted by atomic mass is 16.5. The summed E-state index contributed by atoms with van der Waals surface area (Å²) in [7, 11) is 0. The largest absolute Gasteiger partial charge is 0.491 e. The van der Waals surface area contributed by atoms with E-state index in [0.29, 0.717) is 19.1 Å². The molecule has 0 heterocycles. The molecule has 3 heteroatoms. The molecule has 0 aliphatic heterocycles. The maximum atomic E-state index is 10.3. The number of benzene rings is 1. The van der Waals surface area contributed by atoms with Crippen LogP contribution >= 0.6 is 0 Å². The number of β-amino-alcohol motifs (C(OH)–C–C–N with tert-alkyl or cyclic N) is 1. The lowest BCUT2D eigenvalue weighted by atomic mass is 9.82. The van der Waals surface area contributed by atoms with Crippen LogP contribution in [0.15, 0.2) is 24.3 Å². The molecule has 0 amide bonds. The van der Waals surface area contributed by atoms with E-state index in [2.05, 4.69) is 59.8 Å². The van der Waals surface area contributed by atoms with Gasteiger partial charge in [-0.05, 0) is 49.7 Å². The summed E-state index contributed by atoms with van der Waals surface area (Å²) in [5.41, 5.74) is 1.47. The topological polar surface area (TPSA) is 41.5 Å². The number of hydrogen-bond acceptors (Lipinski definition) is 3. The Morgan fingerprint density at radius 2 is 1.75 bits per heavy atom. The molecule has 2 N–H and O–H groups in total. The summed E-state index contributed by atoms with van der Waals surface area (Å²) in [6.45, 7) is 16.3. The molecule has 2 unspecified atom stereocenters. The van der Waals surface area contributed by atoms with E-state index in [-0.39, 0.29) is 11.0 Å². The predicted molar refractivity (Wildman–Crippen MR) is 103 cm³/mol. The average molecular weight is 336 g/mol. The van der Waals surface area contributed by atoms with Crippen molar-refractivity contribution in [3.8, 4) is 5.75 Å². The zero-order chi connectivity index (χ0) is 18.4. The van der Waals surface area contributed by atoms with Crippen LogP contribution < -0.4 is 10.1 Å². The third-order valence-corrected chi connectivity index (χ3v) is 4.28. The molecule has 0 fully saturated rings. The molecule has 2 atom stereocenters. The minimum atomic E-state index is -0.519. The molecule has 3 nitrogen and oxygen atoms in total. The molecule has 0 saturated carbocycles. The molecule has 0 aliphatic rings. The van der Waals surface area contributed by atoms with Gasteiger partial charge in [0.25, 0.3) is 0 Å². The average Bonchev–Trinajstić information content (AvgIpc) is 2.48. The number of rotatable bonds is 9. The van der Waals surface area contributed by atoms with Gasteiger partial charge in [0.1, 0.15) is 18.5 Å². The fraction of sp³-hybridized carbons (Fsp3) is 0.714. The highest BCUT2D eigenvalue weighted by Crippen LogP contribution is 2.29. The Morgan fingerprint density at radius 3 is 2.33 bits per heavy atom. The van der Waals surface area contributed by atoms with Gasteiger partial charge < -0.3 is 15.2 Å². The maximum absolute atomic E-state index is 10.3. The van der Waals surface area contributed by atoms with Crippen molar-refractivity contribution in [3.63, 3.8) is 0 Å². The van der Waals surface area contributed by atoms with E-state index in [0.717, 1.165) is 18.6 Å². The van der Waals surface area contributed by atoms with Crippen molar-refractivity contribution in [2.24, 2.45) is 5.41 Å². The van der Waals surface area contributed by atoms with Crippen LogP contribution in [0.5, 0.6) is 5.75 Å². The fourth-order valence-electron chi connectivity index (χ4n) is 3.27. The normalized spacial score (nSPS) is 15.2. The second-order valence-electron chi connectivity index (χ2n) is 8.81. The zero-order valence-corrected chi connectivity index (χ0v) is 16.6. The van der Waals surface area contributed by atoms with Gasteiger partial charge in [-0.1, -0.05) is 52.8 Å². The van der Waals surface area contributed by atoms with Gasteiger partial charge in [0.15, 0.2) is 0 Å². The molecule has 138 valence electrons. The molecule has 0 aliphatic carbocycles. The number of para-hydroxylation sites is 1. The summed E-state index contributed by atoms with van der Waals surface area (Å²) in [4.78, 5) is 0. The summed E-state index contributed by atoms with van der Waals surface area (Å²) < 4.78 is 5.90. The molecule has 1 aromatic carbocycles. The SMILES string of the molecule is CCC(C)c1ccccc1OCC(O)CNC(C)(C)CC(C)(C)C. The van der Waals surface area contributed by atoms with Crippen molar-refractivity contribution >= 4 is 0 Å². The van der Waals surface area contributed by atoms with Crippen LogP contribution in [0, 0.1) is 5.41 Å². The number of hydrogen-bond donors (Lipinski definition) is 2. The number of nitrogens with one attached hydrogen (secondary N) is 1. The lowest BCUT2D eigenvalue weighted by Crippen LogP contribution is -2.46. The van der Waals surface area contributed by atoms with Gasteiger partial charge in [-0.25, -0.2) is 0 Å². The summed E-state index contributed by atoms with van der Waals surface area (Å²) in [6.07, 6.45) is 1.60. The van der Waals surface area contributed by atoms with Crippen LogP contribution in [0.2, 0.25) is 0 Å². The molecule has 24 heavy (non-hydrogen) atoms. The Balaban J connectivity index is 2.51. The van der Waals surface area contributed by atoms with Gasteiger partial charge in [-0.3, -0.25) is 0 Å². The number of ether oxygens (including phenoxy) is 1. The smallest absolute Gasteiger partial charge is 0.122 e. The minimum absolute atomic E-state index is 0.00609. The van der Waals surface area contributed by atoms with Crippen molar-refractivity contribution in [2.75, 3.05) is 13.2 Å². The molecule has 0 saturated heterocycles. The summed E-state index contributed by atoms with van der Waals surface area (Å²) >= 11 is 0. The number of aliphatic hydroxyl groups is 1. The second-order valence-corrected chi connectivity index (χ2v) is 8.81. The first-order valence-electron chi connectivity index (χ1n) is 9.19. The Morgan fingerprint density at radius 1 is 1.12 bits per heavy atom. The maximum Gasteiger partial charge on any atom is 0.122 e. The van der Waals surface area contributed by atoms with Crippen molar-refractivity contribution in [1.29, 1.82) is 0 Å². The van der Waals surface area contributed by atoms with Crippen LogP contribution in [0.25, 0.3) is 0 Å². The summed E-state index contributed by atoms with van der Waals surface area (Å²) in [5.74, 6) is 1.35. The van der Waals surface area contributed by atoms with Gasteiger partial charge in [0.05, 0.1) is 0 Å². The predicted octanol–water partition coefficient (Wildman–Crippen LogP) is 4.74. The molecule has 0 aromatic heterocycles. The molecular formula is C21H37NO2. The van der Waals surface area contributed by atoms with Crippen molar-refractivity contribution in [3.05, 3.63) is 29.8 Å². The first kappa shape index (κ1) is 21.0. The van der Waals surface area contributed by atoms with Gasteiger partial charge in [-0.15, -0.1) is 0 Å². The molecule has 0 spiro atoms. The number of aliphatic hydroxyl groups excluding tert-OH is 1. The fourth-order valence-corrected chi connectivity index (χ4v) is 3.27. The van der Waals surface area contributed by atoms with Crippen LogP contribution in [-0.4, -0.2) is 29.9 Å². The Hall–Kier alpha value is -1.06. The third-order valence-electron chi connectivity index (χ3n) is 4.28. The molecule has 1 rings (SSSR count). The van der Waals surface area contributed by atoms with Crippen LogP contribution in [0.3, 0.4) is 0 Å². The summed E-state index contributed by atoms with van der Waals surface area (Å²) in [6, 6.07) is 8.13. The minimum Gasteiger partial charge on any atom is -0.491 e. The highest BCUT2D eigenvalue weighted by Gasteiger charge is 2.25. The molecule has 1 aromatic rings. The van der Waals surface area contributed by atoms with E-state index in [4.69, 9.17) is 4.74 Å². The molecule has 0 radical (unpaired) electrons. The van der Waals surface area contributed by atoms with Gasteiger partial charge in [0.2, 0.25) is 0 Å². The van der Waals surface area contributed by atoms with Crippen molar-refractivity contribution in [2.45, 2.75) is 78.9 Å². The Labute approximate surface area is 148 Å². The van der Waals surface area contributed by atoms with E-state index < -0.39 is 6.10 Å². The highest BCUT2D eigenvalue weighted by molar-refractivity contribution is 5.35. The van der Waals surface area contributed by atoms with E-state index in [1.807, 2.05) is 18.2 Å². The van der Waals surface area contributed by atoms with E-state index in [1.54, 1.807) is 0 Å². The zero-order valence-electron chi connectivity index (χ0n) is 16.6. The molecule has 0 bridgehead atoms. The van der Waals surface area contributed by atoms with E-state index in [1.165, 1.54) is 5.56 Å². The summed E-state index contributed by atoms with van der Waals surface area (Å²) in [5, 5.41) is 13.7. The first-order valence-corrected chi connectivity index (χ1v) is 9.19. The lowest BCUT2D eigenvalue weighted by molar-refractivity contribution is 0.0938. The second kappa shape index (κ2) is 8.87. The molecular weight excluding hydrogens is 298 g/mol. The van der Waals surface area contributed by atoms with Crippen molar-refractivity contribution in [1.82, 2.24) is 5.32 Å². The van der Waals surface area contributed by atoms with Crippen LogP contribution in [0.1, 0.15) is 72.8 Å². The van der Waals surface area contributed by atoms with Crippen LogP contribution in [-0.2, 0) is 0 Å². The third kappa shape index (κ3) is 7.67. The van der Waals surface area contributed by atoms with E-state index >= 15 is 0 Å². The first-order chi connectivity index (χ1) is 11.0. The van der Waals surface area contributed by atoms with Gasteiger partial charge in [-0.2, -0.15) is 0 Å². The lowest BCUT2D eigenvalue weighted by Gasteiger charge is -2.34. The van der Waals surface area contributed by atoms with E-state index in [9.17, 15) is 5.11 Å². The monoisotopic (exact) mass is 335 g/mol. The Kier molecular flexibility index (Phi) is 7.75. The van der Waals surface area contributed by atoms with Crippen molar-refractivity contribution < 1.29 is 9.84 Å². The quantitative estimate of drug-likeness (QED) is 0.684. The standard InChI is InChI=1S/C21H37NO2/c1-8-16(2)18-11-9-10-12-19(18)24-14-17(23)13-22-21(6,7)15-20(3,4)5/h9-12,16-17,22-23H,8,13-15H2,1-7H3. The van der Waals surface area contributed by atoms with Gasteiger partial charge in [0, 0.05) is 12.1 Å². The van der Waals surface area contributed by atoms with Gasteiger partial charge >= 0.3 is 0 Å².